The van der Waals surface area contributed by atoms with E-state index in [-0.39, 0.29) is 5.60 Å². The standard InChI is InChI=1S/C29H37NO3/c1-5-6-7-8-21-16-25(32-18-20-10-12-22(13-11-20)28(30)31)27-23-15-19(2)9-14-24(23)29(3,4)33-26(27)17-21/h10-13,15-17,23-24H,5-9,14,18H2,1-4H3,(H2,30,31)/t23-,24-/m1/s1. The SMILES string of the molecule is CCCCCc1cc(OCc2ccc(C(N)=O)cc2)c2c(c1)OC(C)(C)[C@@H]1CCC(C)=C[C@@H]21. The van der Waals surface area contributed by atoms with Crippen molar-refractivity contribution in [3.63, 3.8) is 0 Å². The second kappa shape index (κ2) is 9.62. The average molecular weight is 448 g/mol. The van der Waals surface area contributed by atoms with Crippen molar-refractivity contribution in [2.45, 2.75) is 84.3 Å². The van der Waals surface area contributed by atoms with Gasteiger partial charge in [-0.3, -0.25) is 4.79 Å². The molecular formula is C29H37NO3. The van der Waals surface area contributed by atoms with Crippen LogP contribution in [0.3, 0.4) is 0 Å². The Bertz CT molecular complexity index is 1040. The summed E-state index contributed by atoms with van der Waals surface area (Å²) in [5, 5.41) is 0. The Labute approximate surface area is 198 Å². The fourth-order valence-corrected chi connectivity index (χ4v) is 5.33. The van der Waals surface area contributed by atoms with Gasteiger partial charge in [-0.2, -0.15) is 0 Å². The van der Waals surface area contributed by atoms with Gasteiger partial charge in [0.05, 0.1) is 0 Å². The molecule has 4 rings (SSSR count). The first-order valence-electron chi connectivity index (χ1n) is 12.3. The number of benzene rings is 2. The summed E-state index contributed by atoms with van der Waals surface area (Å²) in [5.41, 5.74) is 10.6. The molecule has 2 N–H and O–H groups in total. The molecule has 0 spiro atoms. The maximum absolute atomic E-state index is 11.4. The van der Waals surface area contributed by atoms with Crippen LogP contribution in [0, 0.1) is 5.92 Å². The van der Waals surface area contributed by atoms with Crippen LogP contribution in [-0.4, -0.2) is 11.5 Å². The number of aryl methyl sites for hydroxylation is 1. The van der Waals surface area contributed by atoms with Crippen LogP contribution in [0.25, 0.3) is 0 Å². The molecule has 4 nitrogen and oxygen atoms in total. The summed E-state index contributed by atoms with van der Waals surface area (Å²) in [7, 11) is 0. The summed E-state index contributed by atoms with van der Waals surface area (Å²) >= 11 is 0. The van der Waals surface area contributed by atoms with E-state index in [1.54, 1.807) is 12.1 Å². The van der Waals surface area contributed by atoms with E-state index in [2.05, 4.69) is 45.9 Å². The smallest absolute Gasteiger partial charge is 0.248 e. The van der Waals surface area contributed by atoms with Gasteiger partial charge in [0, 0.05) is 23.0 Å². The lowest BCUT2D eigenvalue weighted by molar-refractivity contribution is 0.0104. The van der Waals surface area contributed by atoms with E-state index < -0.39 is 5.91 Å². The summed E-state index contributed by atoms with van der Waals surface area (Å²) in [6.45, 7) is 9.36. The summed E-state index contributed by atoms with van der Waals surface area (Å²) in [6, 6.07) is 11.8. The molecule has 1 aliphatic carbocycles. The molecule has 0 fully saturated rings. The summed E-state index contributed by atoms with van der Waals surface area (Å²) in [6.07, 6.45) is 9.30. The number of hydrogen-bond acceptors (Lipinski definition) is 3. The lowest BCUT2D eigenvalue weighted by atomic mass is 9.68. The zero-order valence-corrected chi connectivity index (χ0v) is 20.4. The predicted octanol–water partition coefficient (Wildman–Crippen LogP) is 6.71. The highest BCUT2D eigenvalue weighted by Crippen LogP contribution is 2.53. The molecule has 2 aromatic rings. The maximum atomic E-state index is 11.4. The summed E-state index contributed by atoms with van der Waals surface area (Å²) in [5.74, 6) is 2.21. The third-order valence-corrected chi connectivity index (χ3v) is 7.21. The van der Waals surface area contributed by atoms with Gasteiger partial charge in [-0.1, -0.05) is 43.5 Å². The van der Waals surface area contributed by atoms with Gasteiger partial charge < -0.3 is 15.2 Å². The Hall–Kier alpha value is -2.75. The second-order valence-corrected chi connectivity index (χ2v) is 10.2. The Balaban J connectivity index is 1.69. The molecule has 2 aromatic carbocycles. The van der Waals surface area contributed by atoms with E-state index in [0.29, 0.717) is 24.0 Å². The zero-order valence-electron chi connectivity index (χ0n) is 20.4. The van der Waals surface area contributed by atoms with Crippen molar-refractivity contribution in [3.05, 3.63) is 70.3 Å². The van der Waals surface area contributed by atoms with E-state index in [1.165, 1.54) is 29.5 Å². The van der Waals surface area contributed by atoms with Crippen LogP contribution < -0.4 is 15.2 Å². The Morgan fingerprint density at radius 2 is 1.91 bits per heavy atom. The maximum Gasteiger partial charge on any atom is 0.248 e. The van der Waals surface area contributed by atoms with Crippen molar-refractivity contribution in [1.29, 1.82) is 0 Å². The number of amides is 1. The molecule has 176 valence electrons. The van der Waals surface area contributed by atoms with Gasteiger partial charge in [0.15, 0.2) is 0 Å². The van der Waals surface area contributed by atoms with Crippen LogP contribution in [0.4, 0.5) is 0 Å². The van der Waals surface area contributed by atoms with E-state index >= 15 is 0 Å². The number of ether oxygens (including phenoxy) is 2. The van der Waals surface area contributed by atoms with Gasteiger partial charge in [-0.25, -0.2) is 0 Å². The van der Waals surface area contributed by atoms with E-state index in [9.17, 15) is 4.79 Å². The fraction of sp³-hybridized carbons (Fsp3) is 0.483. The highest BCUT2D eigenvalue weighted by atomic mass is 16.5. The third-order valence-electron chi connectivity index (χ3n) is 7.21. The van der Waals surface area contributed by atoms with Gasteiger partial charge in [0.2, 0.25) is 5.91 Å². The summed E-state index contributed by atoms with van der Waals surface area (Å²) < 4.78 is 13.1. The van der Waals surface area contributed by atoms with Crippen molar-refractivity contribution in [1.82, 2.24) is 0 Å². The molecular weight excluding hydrogens is 410 g/mol. The van der Waals surface area contributed by atoms with E-state index in [4.69, 9.17) is 15.2 Å². The highest BCUT2D eigenvalue weighted by Gasteiger charge is 2.45. The molecule has 0 bridgehead atoms. The average Bonchev–Trinajstić information content (AvgIpc) is 2.77. The second-order valence-electron chi connectivity index (χ2n) is 10.2. The number of nitrogens with two attached hydrogens (primary N) is 1. The molecule has 2 aliphatic rings. The van der Waals surface area contributed by atoms with E-state index in [0.717, 1.165) is 42.7 Å². The number of carbonyl (C=O) groups is 1. The Morgan fingerprint density at radius 3 is 2.61 bits per heavy atom. The van der Waals surface area contributed by atoms with Crippen molar-refractivity contribution >= 4 is 5.91 Å². The number of primary amides is 1. The van der Waals surface area contributed by atoms with Crippen LogP contribution in [0.2, 0.25) is 0 Å². The molecule has 2 atom stereocenters. The molecule has 0 unspecified atom stereocenters. The van der Waals surface area contributed by atoms with Crippen LogP contribution in [0.1, 0.15) is 92.8 Å². The van der Waals surface area contributed by atoms with Gasteiger partial charge in [-0.15, -0.1) is 0 Å². The van der Waals surface area contributed by atoms with Crippen molar-refractivity contribution in [3.8, 4) is 11.5 Å². The number of rotatable bonds is 8. The topological polar surface area (TPSA) is 61.5 Å². The van der Waals surface area contributed by atoms with Gasteiger partial charge >= 0.3 is 0 Å². The quantitative estimate of drug-likeness (QED) is 0.361. The molecule has 1 heterocycles. The fourth-order valence-electron chi connectivity index (χ4n) is 5.33. The van der Waals surface area contributed by atoms with Crippen molar-refractivity contribution in [2.75, 3.05) is 0 Å². The van der Waals surface area contributed by atoms with Crippen molar-refractivity contribution in [2.24, 2.45) is 11.7 Å². The van der Waals surface area contributed by atoms with Crippen molar-refractivity contribution < 1.29 is 14.3 Å². The Kier molecular flexibility index (Phi) is 6.83. The van der Waals surface area contributed by atoms with Crippen LogP contribution in [-0.2, 0) is 13.0 Å². The molecule has 33 heavy (non-hydrogen) atoms. The van der Waals surface area contributed by atoms with Gasteiger partial charge in [0.1, 0.15) is 23.7 Å². The molecule has 4 heteroatoms. The first kappa shape index (κ1) is 23.4. The van der Waals surface area contributed by atoms with Crippen LogP contribution in [0.15, 0.2) is 48.0 Å². The molecule has 1 aliphatic heterocycles. The lowest BCUT2D eigenvalue weighted by Gasteiger charge is -2.46. The third kappa shape index (κ3) is 5.10. The number of unbranched alkanes of at least 4 members (excludes halogenated alkanes) is 2. The number of hydrogen-bond donors (Lipinski definition) is 1. The molecule has 0 radical (unpaired) electrons. The summed E-state index contributed by atoms with van der Waals surface area (Å²) in [4.78, 5) is 11.4. The monoisotopic (exact) mass is 447 g/mol. The van der Waals surface area contributed by atoms with Gasteiger partial charge in [0.25, 0.3) is 0 Å². The van der Waals surface area contributed by atoms with E-state index in [1.807, 2.05) is 12.1 Å². The molecule has 1 amide bonds. The predicted molar refractivity (Wildman–Crippen MR) is 133 cm³/mol. The number of allylic oxidation sites excluding steroid dienone is 2. The highest BCUT2D eigenvalue weighted by molar-refractivity contribution is 5.92. The number of carbonyl (C=O) groups excluding carboxylic acids is 1. The minimum atomic E-state index is -0.415. The largest absolute Gasteiger partial charge is 0.488 e. The Morgan fingerprint density at radius 1 is 1.15 bits per heavy atom. The van der Waals surface area contributed by atoms with Crippen LogP contribution in [0.5, 0.6) is 11.5 Å². The minimum absolute atomic E-state index is 0.210. The number of fused-ring (bicyclic) bond motifs is 3. The van der Waals surface area contributed by atoms with Crippen LogP contribution >= 0.6 is 0 Å². The molecule has 0 saturated heterocycles. The first-order valence-corrected chi connectivity index (χ1v) is 12.3. The minimum Gasteiger partial charge on any atom is -0.488 e. The zero-order chi connectivity index (χ0) is 23.6. The molecule has 0 saturated carbocycles. The lowest BCUT2D eigenvalue weighted by Crippen LogP contribution is -2.45. The van der Waals surface area contributed by atoms with Gasteiger partial charge in [-0.05, 0) is 81.8 Å². The normalized spacial score (nSPS) is 20.8. The molecule has 0 aromatic heterocycles. The first-order chi connectivity index (χ1) is 15.8.